The summed E-state index contributed by atoms with van der Waals surface area (Å²) < 4.78 is 0. The van der Waals surface area contributed by atoms with Gasteiger partial charge in [0.2, 0.25) is 0 Å². The van der Waals surface area contributed by atoms with Crippen molar-refractivity contribution in [2.45, 2.75) is 6.92 Å². The Labute approximate surface area is 105 Å². The van der Waals surface area contributed by atoms with Crippen molar-refractivity contribution in [1.82, 2.24) is 15.4 Å². The maximum Gasteiger partial charge on any atom is 0.291 e. The van der Waals surface area contributed by atoms with Gasteiger partial charge in [-0.3, -0.25) is 9.78 Å². The van der Waals surface area contributed by atoms with Gasteiger partial charge in [0.1, 0.15) is 5.69 Å². The van der Waals surface area contributed by atoms with Gasteiger partial charge in [0.05, 0.1) is 12.4 Å². The average Bonchev–Trinajstić information content (AvgIpc) is 2.42. The lowest BCUT2D eigenvalue weighted by molar-refractivity contribution is 0.0950. The molecule has 1 aromatic heterocycles. The van der Waals surface area contributed by atoms with Gasteiger partial charge < -0.3 is 0 Å². The number of benzene rings is 1. The number of carbonyl (C=O) groups is 1. The van der Waals surface area contributed by atoms with Crippen molar-refractivity contribution in [2.75, 3.05) is 0 Å². The summed E-state index contributed by atoms with van der Waals surface area (Å²) in [7, 11) is 0. The van der Waals surface area contributed by atoms with Crippen LogP contribution in [-0.2, 0) is 0 Å². The molecule has 0 unspecified atom stereocenters. The molecule has 1 amide bonds. The molecule has 2 rings (SSSR count). The van der Waals surface area contributed by atoms with Crippen LogP contribution in [0.15, 0.2) is 48.0 Å². The maximum atomic E-state index is 11.6. The summed E-state index contributed by atoms with van der Waals surface area (Å²) in [5, 5.41) is 3.86. The summed E-state index contributed by atoms with van der Waals surface area (Å²) in [5.74, 6) is -0.383. The number of aromatic nitrogens is 2. The maximum absolute atomic E-state index is 11.6. The molecule has 18 heavy (non-hydrogen) atoms. The van der Waals surface area contributed by atoms with Crippen molar-refractivity contribution >= 4 is 12.1 Å². The second-order valence-electron chi connectivity index (χ2n) is 3.70. The predicted molar refractivity (Wildman–Crippen MR) is 68.3 cm³/mol. The van der Waals surface area contributed by atoms with Crippen LogP contribution in [0.5, 0.6) is 0 Å². The third kappa shape index (κ3) is 3.21. The number of hydrogen-bond acceptors (Lipinski definition) is 4. The average molecular weight is 240 g/mol. The van der Waals surface area contributed by atoms with E-state index >= 15 is 0 Å². The van der Waals surface area contributed by atoms with E-state index in [2.05, 4.69) is 20.5 Å². The van der Waals surface area contributed by atoms with Gasteiger partial charge >= 0.3 is 0 Å². The Bertz CT molecular complexity index is 549. The van der Waals surface area contributed by atoms with Crippen molar-refractivity contribution in [3.63, 3.8) is 0 Å². The number of hydrogen-bond donors (Lipinski definition) is 1. The Morgan fingerprint density at radius 3 is 2.72 bits per heavy atom. The lowest BCUT2D eigenvalue weighted by atomic mass is 10.2. The molecule has 0 aliphatic rings. The molecule has 1 N–H and O–H groups in total. The van der Waals surface area contributed by atoms with E-state index in [0.717, 1.165) is 5.56 Å². The SMILES string of the molecule is Cc1ccc(/C=N\NC(=O)c2cnccn2)cc1. The van der Waals surface area contributed by atoms with Crippen molar-refractivity contribution in [2.24, 2.45) is 5.10 Å². The summed E-state index contributed by atoms with van der Waals surface area (Å²) in [4.78, 5) is 19.2. The van der Waals surface area contributed by atoms with Gasteiger partial charge in [-0.05, 0) is 12.5 Å². The number of hydrazone groups is 1. The molecule has 0 bridgehead atoms. The lowest BCUT2D eigenvalue weighted by Gasteiger charge is -1.97. The zero-order chi connectivity index (χ0) is 12.8. The van der Waals surface area contributed by atoms with Crippen LogP contribution in [0.1, 0.15) is 21.6 Å². The van der Waals surface area contributed by atoms with E-state index in [9.17, 15) is 4.79 Å². The molecule has 0 aliphatic carbocycles. The molecule has 90 valence electrons. The van der Waals surface area contributed by atoms with E-state index in [1.807, 2.05) is 31.2 Å². The van der Waals surface area contributed by atoms with Crippen LogP contribution < -0.4 is 5.43 Å². The van der Waals surface area contributed by atoms with E-state index < -0.39 is 0 Å². The van der Waals surface area contributed by atoms with E-state index in [4.69, 9.17) is 0 Å². The second-order valence-corrected chi connectivity index (χ2v) is 3.70. The molecule has 5 heteroatoms. The van der Waals surface area contributed by atoms with Gasteiger partial charge in [-0.25, -0.2) is 10.4 Å². The van der Waals surface area contributed by atoms with Gasteiger partial charge in [0.15, 0.2) is 0 Å². The van der Waals surface area contributed by atoms with Gasteiger partial charge in [0, 0.05) is 12.4 Å². The van der Waals surface area contributed by atoms with E-state index in [0.29, 0.717) is 0 Å². The van der Waals surface area contributed by atoms with Crippen LogP contribution >= 0.6 is 0 Å². The first-order chi connectivity index (χ1) is 8.75. The first-order valence-electron chi connectivity index (χ1n) is 5.42. The van der Waals surface area contributed by atoms with Crippen LogP contribution in [0.4, 0.5) is 0 Å². The van der Waals surface area contributed by atoms with Gasteiger partial charge in [-0.15, -0.1) is 0 Å². The number of amides is 1. The largest absolute Gasteiger partial charge is 0.291 e. The highest BCUT2D eigenvalue weighted by Gasteiger charge is 2.03. The zero-order valence-corrected chi connectivity index (χ0v) is 9.87. The highest BCUT2D eigenvalue weighted by molar-refractivity contribution is 5.92. The minimum absolute atomic E-state index is 0.235. The van der Waals surface area contributed by atoms with Crippen molar-refractivity contribution < 1.29 is 4.79 Å². The zero-order valence-electron chi connectivity index (χ0n) is 9.87. The molecule has 0 saturated heterocycles. The summed E-state index contributed by atoms with van der Waals surface area (Å²) in [6.45, 7) is 2.01. The fourth-order valence-corrected chi connectivity index (χ4v) is 1.29. The van der Waals surface area contributed by atoms with Crippen molar-refractivity contribution in [3.8, 4) is 0 Å². The molecule has 0 aliphatic heterocycles. The third-order valence-electron chi connectivity index (χ3n) is 2.25. The van der Waals surface area contributed by atoms with E-state index in [1.54, 1.807) is 6.21 Å². The topological polar surface area (TPSA) is 67.2 Å². The Kier molecular flexibility index (Phi) is 3.76. The molecule has 0 radical (unpaired) electrons. The standard InChI is InChI=1S/C13H12N4O/c1-10-2-4-11(5-3-10)8-16-17-13(18)12-9-14-6-7-15-12/h2-9H,1H3,(H,17,18)/b16-8-. The molecule has 2 aromatic rings. The van der Waals surface area contributed by atoms with Gasteiger partial charge in [-0.1, -0.05) is 29.8 Å². The van der Waals surface area contributed by atoms with Crippen LogP contribution in [0.3, 0.4) is 0 Å². The molecule has 0 spiro atoms. The number of carbonyl (C=O) groups excluding carboxylic acids is 1. The van der Waals surface area contributed by atoms with Crippen LogP contribution in [0.2, 0.25) is 0 Å². The molecule has 0 saturated carbocycles. The van der Waals surface area contributed by atoms with Gasteiger partial charge in [0.25, 0.3) is 5.91 Å². The van der Waals surface area contributed by atoms with Crippen LogP contribution in [0, 0.1) is 6.92 Å². The second kappa shape index (κ2) is 5.67. The normalized spacial score (nSPS) is 10.5. The Hall–Kier alpha value is -2.56. The summed E-state index contributed by atoms with van der Waals surface area (Å²) in [5.41, 5.74) is 4.72. The van der Waals surface area contributed by atoms with E-state index in [1.165, 1.54) is 24.2 Å². The summed E-state index contributed by atoms with van der Waals surface area (Å²) in [6, 6.07) is 7.80. The smallest absolute Gasteiger partial charge is 0.265 e. The predicted octanol–water partition coefficient (Wildman–Crippen LogP) is 1.55. The Morgan fingerprint density at radius 2 is 2.06 bits per heavy atom. The molecule has 1 aromatic carbocycles. The first-order valence-corrected chi connectivity index (χ1v) is 5.42. The van der Waals surface area contributed by atoms with Crippen molar-refractivity contribution in [3.05, 3.63) is 59.7 Å². The van der Waals surface area contributed by atoms with Crippen LogP contribution in [-0.4, -0.2) is 22.1 Å². The van der Waals surface area contributed by atoms with Crippen LogP contribution in [0.25, 0.3) is 0 Å². The lowest BCUT2D eigenvalue weighted by Crippen LogP contribution is -2.19. The fraction of sp³-hybridized carbons (Fsp3) is 0.0769. The number of nitrogens with zero attached hydrogens (tertiary/aromatic N) is 3. The van der Waals surface area contributed by atoms with E-state index in [-0.39, 0.29) is 11.6 Å². The molecular formula is C13H12N4O. The monoisotopic (exact) mass is 240 g/mol. The molecular weight excluding hydrogens is 228 g/mol. The Morgan fingerprint density at radius 1 is 1.28 bits per heavy atom. The number of rotatable bonds is 3. The highest BCUT2D eigenvalue weighted by Crippen LogP contribution is 1.99. The molecule has 5 nitrogen and oxygen atoms in total. The minimum Gasteiger partial charge on any atom is -0.265 e. The molecule has 0 fully saturated rings. The first kappa shape index (κ1) is 11.9. The molecule has 0 atom stereocenters. The Balaban J connectivity index is 1.96. The third-order valence-corrected chi connectivity index (χ3v) is 2.25. The quantitative estimate of drug-likeness (QED) is 0.653. The summed E-state index contributed by atoms with van der Waals surface area (Å²) in [6.07, 6.45) is 5.93. The highest BCUT2D eigenvalue weighted by atomic mass is 16.2. The van der Waals surface area contributed by atoms with Gasteiger partial charge in [-0.2, -0.15) is 5.10 Å². The fourth-order valence-electron chi connectivity index (χ4n) is 1.29. The number of aryl methyl sites for hydroxylation is 1. The number of nitrogens with one attached hydrogen (secondary N) is 1. The van der Waals surface area contributed by atoms with Crippen molar-refractivity contribution in [1.29, 1.82) is 0 Å². The summed E-state index contributed by atoms with van der Waals surface area (Å²) >= 11 is 0. The molecule has 1 heterocycles. The minimum atomic E-state index is -0.383.